The van der Waals surface area contributed by atoms with Gasteiger partial charge < -0.3 is 15.1 Å². The van der Waals surface area contributed by atoms with Crippen molar-refractivity contribution in [1.82, 2.24) is 0 Å². The molecule has 1 aliphatic carbocycles. The van der Waals surface area contributed by atoms with E-state index >= 15 is 0 Å². The third-order valence-electron chi connectivity index (χ3n) is 4.35. The van der Waals surface area contributed by atoms with Crippen LogP contribution in [0.15, 0.2) is 18.2 Å². The van der Waals surface area contributed by atoms with Gasteiger partial charge in [-0.2, -0.15) is 0 Å². The molecule has 2 N–H and O–H groups in total. The highest BCUT2D eigenvalue weighted by molar-refractivity contribution is 5.50. The van der Waals surface area contributed by atoms with Crippen molar-refractivity contribution in [3.05, 3.63) is 29.6 Å². The molecule has 1 heterocycles. The maximum absolute atomic E-state index is 13.9. The molecule has 98 valence electrons. The third-order valence-corrected chi connectivity index (χ3v) is 4.35. The predicted octanol–water partition coefficient (Wildman–Crippen LogP) is 1.53. The molecule has 18 heavy (non-hydrogen) atoms. The molecule has 2 fully saturated rings. The van der Waals surface area contributed by atoms with Gasteiger partial charge >= 0.3 is 0 Å². The van der Waals surface area contributed by atoms with E-state index in [4.69, 9.17) is 5.11 Å². The zero-order chi connectivity index (χ0) is 12.7. The van der Waals surface area contributed by atoms with E-state index in [1.165, 1.54) is 6.07 Å². The highest BCUT2D eigenvalue weighted by atomic mass is 19.1. The normalized spacial score (nSPS) is 30.8. The first-order valence-electron chi connectivity index (χ1n) is 6.51. The van der Waals surface area contributed by atoms with Crippen molar-refractivity contribution in [2.75, 3.05) is 18.0 Å². The molecular weight excluding hydrogens is 233 g/mol. The zero-order valence-corrected chi connectivity index (χ0v) is 10.2. The van der Waals surface area contributed by atoms with Crippen LogP contribution in [0, 0.1) is 17.7 Å². The van der Waals surface area contributed by atoms with Gasteiger partial charge in [-0.15, -0.1) is 0 Å². The van der Waals surface area contributed by atoms with Crippen molar-refractivity contribution in [3.63, 3.8) is 0 Å². The van der Waals surface area contributed by atoms with Crippen molar-refractivity contribution in [1.29, 1.82) is 0 Å². The molecule has 1 aromatic carbocycles. The van der Waals surface area contributed by atoms with Gasteiger partial charge in [-0.25, -0.2) is 4.39 Å². The fourth-order valence-corrected chi connectivity index (χ4v) is 3.34. The lowest BCUT2D eigenvalue weighted by Gasteiger charge is -2.21. The molecule has 0 bridgehead atoms. The van der Waals surface area contributed by atoms with E-state index in [1.807, 2.05) is 4.90 Å². The van der Waals surface area contributed by atoms with E-state index in [-0.39, 0.29) is 18.5 Å². The third kappa shape index (κ3) is 1.89. The maximum Gasteiger partial charge on any atom is 0.146 e. The minimum Gasteiger partial charge on any atom is -0.393 e. The smallest absolute Gasteiger partial charge is 0.146 e. The SMILES string of the molecule is OCc1ccc(N2CC3CCC(O)C3C2)c(F)c1. The Morgan fingerprint density at radius 2 is 2.11 bits per heavy atom. The highest BCUT2D eigenvalue weighted by Gasteiger charge is 2.42. The molecule has 3 unspecified atom stereocenters. The fraction of sp³-hybridized carbons (Fsp3) is 0.571. The summed E-state index contributed by atoms with van der Waals surface area (Å²) in [6.07, 6.45) is 1.70. The number of aliphatic hydroxyl groups excluding tert-OH is 2. The second-order valence-corrected chi connectivity index (χ2v) is 5.42. The Balaban J connectivity index is 1.80. The van der Waals surface area contributed by atoms with Crippen LogP contribution < -0.4 is 4.90 Å². The standard InChI is InChI=1S/C14H18FNO2/c15-12-5-9(8-17)1-3-13(12)16-6-10-2-4-14(18)11(10)7-16/h1,3,5,10-11,14,17-18H,2,4,6-8H2. The number of fused-ring (bicyclic) bond motifs is 1. The molecule has 1 saturated heterocycles. The van der Waals surface area contributed by atoms with Gasteiger partial charge in [0.1, 0.15) is 5.82 Å². The number of benzene rings is 1. The van der Waals surface area contributed by atoms with E-state index in [1.54, 1.807) is 12.1 Å². The second kappa shape index (κ2) is 4.52. The van der Waals surface area contributed by atoms with Crippen molar-refractivity contribution in [2.24, 2.45) is 11.8 Å². The van der Waals surface area contributed by atoms with Crippen LogP contribution in [0.4, 0.5) is 10.1 Å². The zero-order valence-electron chi connectivity index (χ0n) is 10.2. The van der Waals surface area contributed by atoms with Crippen molar-refractivity contribution >= 4 is 5.69 Å². The number of rotatable bonds is 2. The van der Waals surface area contributed by atoms with Crippen molar-refractivity contribution < 1.29 is 14.6 Å². The summed E-state index contributed by atoms with van der Waals surface area (Å²) >= 11 is 0. The Hall–Kier alpha value is -1.13. The Kier molecular flexibility index (Phi) is 2.99. The Bertz CT molecular complexity index is 451. The Labute approximate surface area is 106 Å². The van der Waals surface area contributed by atoms with Gasteiger partial charge in [0.25, 0.3) is 0 Å². The van der Waals surface area contributed by atoms with Crippen LogP contribution in [0.25, 0.3) is 0 Å². The van der Waals surface area contributed by atoms with Crippen LogP contribution in [-0.4, -0.2) is 29.4 Å². The lowest BCUT2D eigenvalue weighted by molar-refractivity contribution is 0.133. The molecule has 2 aliphatic rings. The molecule has 0 spiro atoms. The molecule has 0 radical (unpaired) electrons. The topological polar surface area (TPSA) is 43.7 Å². The molecule has 3 atom stereocenters. The molecule has 0 amide bonds. The van der Waals surface area contributed by atoms with E-state index in [2.05, 4.69) is 0 Å². The fourth-order valence-electron chi connectivity index (χ4n) is 3.34. The summed E-state index contributed by atoms with van der Waals surface area (Å²) in [7, 11) is 0. The van der Waals surface area contributed by atoms with Gasteiger partial charge in [-0.3, -0.25) is 0 Å². The van der Waals surface area contributed by atoms with Crippen molar-refractivity contribution in [2.45, 2.75) is 25.6 Å². The molecule has 1 aliphatic heterocycles. The second-order valence-electron chi connectivity index (χ2n) is 5.42. The summed E-state index contributed by atoms with van der Waals surface area (Å²) < 4.78 is 13.9. The summed E-state index contributed by atoms with van der Waals surface area (Å²) in [5, 5.41) is 18.8. The van der Waals surface area contributed by atoms with Gasteiger partial charge in [-0.1, -0.05) is 6.07 Å². The van der Waals surface area contributed by atoms with Gasteiger partial charge in [0.15, 0.2) is 0 Å². The average Bonchev–Trinajstić information content (AvgIpc) is 2.92. The van der Waals surface area contributed by atoms with Gasteiger partial charge in [0, 0.05) is 19.0 Å². The lowest BCUT2D eigenvalue weighted by Crippen LogP contribution is -2.25. The maximum atomic E-state index is 13.9. The molecular formula is C14H18FNO2. The highest BCUT2D eigenvalue weighted by Crippen LogP contribution is 2.40. The molecule has 1 saturated carbocycles. The quantitative estimate of drug-likeness (QED) is 0.837. The Morgan fingerprint density at radius 1 is 1.28 bits per heavy atom. The van der Waals surface area contributed by atoms with Crippen LogP contribution in [0.2, 0.25) is 0 Å². The summed E-state index contributed by atoms with van der Waals surface area (Å²) in [5.74, 6) is 0.509. The number of hydrogen-bond acceptors (Lipinski definition) is 3. The van der Waals surface area contributed by atoms with E-state index in [0.29, 0.717) is 23.1 Å². The Morgan fingerprint density at radius 3 is 2.78 bits per heavy atom. The minimum absolute atomic E-state index is 0.138. The number of halogens is 1. The van der Waals surface area contributed by atoms with Gasteiger partial charge in [-0.05, 0) is 36.5 Å². The van der Waals surface area contributed by atoms with E-state index in [9.17, 15) is 9.50 Å². The summed E-state index contributed by atoms with van der Waals surface area (Å²) in [5.41, 5.74) is 1.18. The first-order valence-corrected chi connectivity index (χ1v) is 6.51. The summed E-state index contributed by atoms with van der Waals surface area (Å²) in [4.78, 5) is 2.02. The number of nitrogens with zero attached hydrogens (tertiary/aromatic N) is 1. The largest absolute Gasteiger partial charge is 0.393 e. The molecule has 1 aromatic rings. The molecule has 3 rings (SSSR count). The first-order chi connectivity index (χ1) is 8.69. The van der Waals surface area contributed by atoms with E-state index in [0.717, 1.165) is 25.9 Å². The van der Waals surface area contributed by atoms with Crippen LogP contribution in [0.5, 0.6) is 0 Å². The first kappa shape index (κ1) is 11.9. The minimum atomic E-state index is -0.281. The number of anilines is 1. The van der Waals surface area contributed by atoms with Crippen LogP contribution in [-0.2, 0) is 6.61 Å². The number of hydrogen-bond donors (Lipinski definition) is 2. The van der Waals surface area contributed by atoms with Crippen molar-refractivity contribution in [3.8, 4) is 0 Å². The molecule has 4 heteroatoms. The molecule has 3 nitrogen and oxygen atoms in total. The van der Waals surface area contributed by atoms with Gasteiger partial charge in [0.2, 0.25) is 0 Å². The summed E-state index contributed by atoms with van der Waals surface area (Å²) in [6, 6.07) is 4.87. The van der Waals surface area contributed by atoms with E-state index < -0.39 is 0 Å². The number of aliphatic hydroxyl groups is 2. The lowest BCUT2D eigenvalue weighted by atomic mass is 10.00. The monoisotopic (exact) mass is 251 g/mol. The predicted molar refractivity (Wildman–Crippen MR) is 66.8 cm³/mol. The van der Waals surface area contributed by atoms with Crippen LogP contribution in [0.1, 0.15) is 18.4 Å². The molecule has 0 aromatic heterocycles. The van der Waals surface area contributed by atoms with Crippen LogP contribution >= 0.6 is 0 Å². The van der Waals surface area contributed by atoms with Gasteiger partial charge in [0.05, 0.1) is 18.4 Å². The summed E-state index contributed by atoms with van der Waals surface area (Å²) in [6.45, 7) is 1.43. The van der Waals surface area contributed by atoms with Crippen LogP contribution in [0.3, 0.4) is 0 Å². The average molecular weight is 251 g/mol.